The van der Waals surface area contributed by atoms with Gasteiger partial charge in [0.1, 0.15) is 10.8 Å². The second-order valence-electron chi connectivity index (χ2n) is 4.12. The van der Waals surface area contributed by atoms with Crippen LogP contribution in [-0.2, 0) is 0 Å². The van der Waals surface area contributed by atoms with Gasteiger partial charge in [-0.25, -0.2) is 9.67 Å². The van der Waals surface area contributed by atoms with Crippen molar-refractivity contribution in [2.75, 3.05) is 7.11 Å². The number of methoxy groups -OCH3 is 1. The van der Waals surface area contributed by atoms with Gasteiger partial charge in [-0.3, -0.25) is 0 Å². The molecule has 4 nitrogen and oxygen atoms in total. The summed E-state index contributed by atoms with van der Waals surface area (Å²) < 4.78 is 6.98. The average Bonchev–Trinajstić information content (AvgIpc) is 3.17. The molecule has 20 heavy (non-hydrogen) atoms. The molecule has 0 saturated heterocycles. The van der Waals surface area contributed by atoms with Crippen LogP contribution in [0.5, 0.6) is 5.75 Å². The van der Waals surface area contributed by atoms with Crippen LogP contribution in [0.4, 0.5) is 0 Å². The minimum Gasteiger partial charge on any atom is -0.497 e. The zero-order valence-corrected chi connectivity index (χ0v) is 11.7. The van der Waals surface area contributed by atoms with Crippen molar-refractivity contribution in [3.8, 4) is 11.4 Å². The summed E-state index contributed by atoms with van der Waals surface area (Å²) in [6.07, 6.45) is 9.59. The van der Waals surface area contributed by atoms with Gasteiger partial charge < -0.3 is 4.74 Å². The fraction of sp³-hybridized carbons (Fsp3) is 0.0667. The van der Waals surface area contributed by atoms with Crippen molar-refractivity contribution in [3.63, 3.8) is 0 Å². The lowest BCUT2D eigenvalue weighted by molar-refractivity contribution is 0.414. The summed E-state index contributed by atoms with van der Waals surface area (Å²) in [5.74, 6) is 0.838. The highest BCUT2D eigenvalue weighted by molar-refractivity contribution is 7.10. The van der Waals surface area contributed by atoms with Crippen LogP contribution in [-0.4, -0.2) is 21.9 Å². The Kier molecular flexibility index (Phi) is 3.60. The third kappa shape index (κ3) is 2.78. The molecule has 0 atom stereocenters. The Morgan fingerprint density at radius 3 is 2.75 bits per heavy atom. The number of nitrogens with zero attached hydrogens (tertiary/aromatic N) is 3. The van der Waals surface area contributed by atoms with Crippen LogP contribution in [0.3, 0.4) is 0 Å². The van der Waals surface area contributed by atoms with E-state index in [2.05, 4.69) is 10.1 Å². The molecule has 2 aromatic heterocycles. The molecule has 2 heterocycles. The molecule has 0 aliphatic heterocycles. The maximum absolute atomic E-state index is 5.14. The molecule has 5 heteroatoms. The number of rotatable bonds is 4. The minimum atomic E-state index is 0.838. The van der Waals surface area contributed by atoms with Gasteiger partial charge in [0.05, 0.1) is 19.0 Å². The van der Waals surface area contributed by atoms with Gasteiger partial charge in [-0.1, -0.05) is 0 Å². The van der Waals surface area contributed by atoms with Crippen LogP contribution in [0, 0.1) is 0 Å². The first kappa shape index (κ1) is 12.6. The molecule has 0 aliphatic carbocycles. The van der Waals surface area contributed by atoms with Crippen LogP contribution < -0.4 is 4.74 Å². The minimum absolute atomic E-state index is 0.838. The summed E-state index contributed by atoms with van der Waals surface area (Å²) in [5, 5.41) is 7.30. The number of benzene rings is 1. The molecular weight excluding hydrogens is 270 g/mol. The van der Waals surface area contributed by atoms with Crippen LogP contribution in [0.1, 0.15) is 10.6 Å². The van der Waals surface area contributed by atoms with E-state index in [0.717, 1.165) is 22.0 Å². The van der Waals surface area contributed by atoms with Crippen molar-refractivity contribution in [2.45, 2.75) is 0 Å². The predicted molar refractivity (Wildman–Crippen MR) is 81.2 cm³/mol. The molecule has 0 unspecified atom stereocenters. The van der Waals surface area contributed by atoms with E-state index in [-0.39, 0.29) is 0 Å². The molecule has 0 saturated carbocycles. The summed E-state index contributed by atoms with van der Waals surface area (Å²) in [7, 11) is 1.66. The van der Waals surface area contributed by atoms with Crippen molar-refractivity contribution in [3.05, 3.63) is 58.8 Å². The maximum Gasteiger partial charge on any atom is 0.119 e. The maximum atomic E-state index is 5.14. The first-order valence-corrected chi connectivity index (χ1v) is 7.00. The fourth-order valence-electron chi connectivity index (χ4n) is 1.78. The molecule has 3 aromatic rings. The Morgan fingerprint density at radius 1 is 1.20 bits per heavy atom. The Labute approximate surface area is 121 Å². The molecule has 3 rings (SSSR count). The van der Waals surface area contributed by atoms with E-state index in [1.54, 1.807) is 24.6 Å². The summed E-state index contributed by atoms with van der Waals surface area (Å²) in [5.41, 5.74) is 2.04. The van der Waals surface area contributed by atoms with E-state index in [1.807, 2.05) is 58.9 Å². The normalized spacial score (nSPS) is 11.1. The van der Waals surface area contributed by atoms with Gasteiger partial charge >= 0.3 is 0 Å². The van der Waals surface area contributed by atoms with E-state index in [1.165, 1.54) is 0 Å². The third-order valence-corrected chi connectivity index (χ3v) is 3.55. The molecule has 0 radical (unpaired) electrons. The Hall–Kier alpha value is -2.40. The number of thiazole rings is 1. The molecule has 0 spiro atoms. The smallest absolute Gasteiger partial charge is 0.119 e. The van der Waals surface area contributed by atoms with Crippen molar-refractivity contribution < 1.29 is 4.74 Å². The van der Waals surface area contributed by atoms with E-state index in [9.17, 15) is 0 Å². The molecule has 0 amide bonds. The zero-order chi connectivity index (χ0) is 13.8. The topological polar surface area (TPSA) is 39.9 Å². The molecule has 0 fully saturated rings. The van der Waals surface area contributed by atoms with Gasteiger partial charge in [0.2, 0.25) is 0 Å². The van der Waals surface area contributed by atoms with E-state index >= 15 is 0 Å². The quantitative estimate of drug-likeness (QED) is 0.735. The number of hydrogen-bond acceptors (Lipinski definition) is 4. The molecule has 0 bridgehead atoms. The summed E-state index contributed by atoms with van der Waals surface area (Å²) in [6, 6.07) is 7.78. The molecule has 1 aromatic carbocycles. The zero-order valence-electron chi connectivity index (χ0n) is 10.9. The largest absolute Gasteiger partial charge is 0.497 e. The lowest BCUT2D eigenvalue weighted by Gasteiger charge is -2.02. The van der Waals surface area contributed by atoms with Crippen LogP contribution in [0.15, 0.2) is 48.2 Å². The number of aromatic nitrogens is 3. The van der Waals surface area contributed by atoms with Crippen LogP contribution >= 0.6 is 11.3 Å². The van der Waals surface area contributed by atoms with E-state index in [4.69, 9.17) is 4.74 Å². The highest BCUT2D eigenvalue weighted by atomic mass is 32.1. The van der Waals surface area contributed by atoms with Crippen LogP contribution in [0.25, 0.3) is 17.8 Å². The summed E-state index contributed by atoms with van der Waals surface area (Å²) in [6.45, 7) is 0. The standard InChI is InChI=1S/C15H13N3OS/c1-19-14-5-3-13(4-6-14)18-11-12(10-17-18)2-7-15-16-8-9-20-15/h2-11H,1H3/b7-2+. The van der Waals surface area contributed by atoms with Gasteiger partial charge in [-0.15, -0.1) is 11.3 Å². The van der Waals surface area contributed by atoms with Gasteiger partial charge in [0.15, 0.2) is 0 Å². The van der Waals surface area contributed by atoms with Gasteiger partial charge in [-0.05, 0) is 36.4 Å². The van der Waals surface area contributed by atoms with Gasteiger partial charge in [-0.2, -0.15) is 5.10 Å². The van der Waals surface area contributed by atoms with Crippen molar-refractivity contribution >= 4 is 23.5 Å². The van der Waals surface area contributed by atoms with Crippen molar-refractivity contribution in [2.24, 2.45) is 0 Å². The summed E-state index contributed by atoms with van der Waals surface area (Å²) in [4.78, 5) is 4.21. The Morgan fingerprint density at radius 2 is 2.05 bits per heavy atom. The predicted octanol–water partition coefficient (Wildman–Crippen LogP) is 3.51. The average molecular weight is 283 g/mol. The first-order valence-electron chi connectivity index (χ1n) is 6.12. The molecular formula is C15H13N3OS. The van der Waals surface area contributed by atoms with Crippen LogP contribution in [0.2, 0.25) is 0 Å². The second kappa shape index (κ2) is 5.71. The van der Waals surface area contributed by atoms with E-state index in [0.29, 0.717) is 0 Å². The third-order valence-electron chi connectivity index (χ3n) is 2.81. The number of ether oxygens (including phenoxy) is 1. The Bertz CT molecular complexity index is 699. The fourth-order valence-corrected chi connectivity index (χ4v) is 2.31. The highest BCUT2D eigenvalue weighted by Crippen LogP contribution is 2.16. The monoisotopic (exact) mass is 283 g/mol. The first-order chi connectivity index (χ1) is 9.85. The lowest BCUT2D eigenvalue weighted by Crippen LogP contribution is -1.93. The summed E-state index contributed by atoms with van der Waals surface area (Å²) >= 11 is 1.61. The van der Waals surface area contributed by atoms with Crippen molar-refractivity contribution in [1.82, 2.24) is 14.8 Å². The van der Waals surface area contributed by atoms with Crippen molar-refractivity contribution in [1.29, 1.82) is 0 Å². The van der Waals surface area contributed by atoms with Gasteiger partial charge in [0.25, 0.3) is 0 Å². The van der Waals surface area contributed by atoms with E-state index < -0.39 is 0 Å². The van der Waals surface area contributed by atoms with Gasteiger partial charge in [0, 0.05) is 23.3 Å². The molecule has 0 aliphatic rings. The molecule has 100 valence electrons. The number of hydrogen-bond donors (Lipinski definition) is 0. The Balaban J connectivity index is 1.79. The molecule has 0 N–H and O–H groups in total. The highest BCUT2D eigenvalue weighted by Gasteiger charge is 1.99. The lowest BCUT2D eigenvalue weighted by atomic mass is 10.3. The second-order valence-corrected chi connectivity index (χ2v) is 5.05. The SMILES string of the molecule is COc1ccc(-n2cc(/C=C/c3nccs3)cn2)cc1.